The third-order valence-electron chi connectivity index (χ3n) is 1.99. The average molecular weight is 241 g/mol. The summed E-state index contributed by atoms with van der Waals surface area (Å²) in [5.41, 5.74) is 2.74. The van der Waals surface area contributed by atoms with E-state index in [2.05, 4.69) is 46.4 Å². The van der Waals surface area contributed by atoms with Crippen molar-refractivity contribution in [2.45, 2.75) is 12.3 Å². The number of thiophene rings is 1. The van der Waals surface area contributed by atoms with Crippen LogP contribution in [-0.4, -0.2) is 0 Å². The van der Waals surface area contributed by atoms with Crippen LogP contribution in [0.4, 0.5) is 0 Å². The van der Waals surface area contributed by atoms with Crippen molar-refractivity contribution < 1.29 is 0 Å². The number of alkyl halides is 1. The van der Waals surface area contributed by atoms with E-state index in [9.17, 15) is 0 Å². The van der Waals surface area contributed by atoms with E-state index >= 15 is 0 Å². The van der Waals surface area contributed by atoms with Gasteiger partial charge in [-0.3, -0.25) is 0 Å². The van der Waals surface area contributed by atoms with Crippen molar-refractivity contribution in [2.24, 2.45) is 0 Å². The van der Waals surface area contributed by atoms with Gasteiger partial charge < -0.3 is 0 Å². The smallest absolute Gasteiger partial charge is 0.0345 e. The van der Waals surface area contributed by atoms with Crippen molar-refractivity contribution in [2.75, 3.05) is 0 Å². The fourth-order valence-corrected chi connectivity index (χ4v) is 2.56. The molecule has 0 amide bonds. The Bertz CT molecular complexity index is 403. The van der Waals surface area contributed by atoms with Crippen molar-refractivity contribution in [3.63, 3.8) is 0 Å². The summed E-state index contributed by atoms with van der Waals surface area (Å²) in [4.78, 5) is 0. The van der Waals surface area contributed by atoms with Gasteiger partial charge in [0.05, 0.1) is 0 Å². The standard InChI is InChI=1S/C10H9BrS/c1-7-6-12-10-3-2-8(5-11)4-9(7)10/h2-4,6H,5H2,1H3. The van der Waals surface area contributed by atoms with E-state index in [1.54, 1.807) is 0 Å². The molecule has 1 aromatic carbocycles. The van der Waals surface area contributed by atoms with E-state index in [0.29, 0.717) is 0 Å². The van der Waals surface area contributed by atoms with Gasteiger partial charge in [-0.05, 0) is 40.9 Å². The van der Waals surface area contributed by atoms with Crippen LogP contribution in [0.25, 0.3) is 10.1 Å². The first-order valence-corrected chi connectivity index (χ1v) is 5.84. The molecule has 12 heavy (non-hydrogen) atoms. The summed E-state index contributed by atoms with van der Waals surface area (Å²) >= 11 is 5.28. The number of hydrogen-bond donors (Lipinski definition) is 0. The van der Waals surface area contributed by atoms with Crippen LogP contribution in [0.2, 0.25) is 0 Å². The summed E-state index contributed by atoms with van der Waals surface area (Å²) in [5.74, 6) is 0. The molecule has 0 aliphatic carbocycles. The molecule has 0 nitrogen and oxygen atoms in total. The van der Waals surface area contributed by atoms with Gasteiger partial charge in [0.2, 0.25) is 0 Å². The summed E-state index contributed by atoms with van der Waals surface area (Å²) in [7, 11) is 0. The molecule has 0 aliphatic rings. The molecular formula is C10H9BrS. The number of fused-ring (bicyclic) bond motifs is 1. The highest BCUT2D eigenvalue weighted by Crippen LogP contribution is 2.26. The zero-order valence-corrected chi connectivity index (χ0v) is 9.21. The van der Waals surface area contributed by atoms with Crippen molar-refractivity contribution in [1.82, 2.24) is 0 Å². The third-order valence-corrected chi connectivity index (χ3v) is 3.71. The Hall–Kier alpha value is -0.340. The summed E-state index contributed by atoms with van der Waals surface area (Å²) in [6.45, 7) is 2.16. The molecular weight excluding hydrogens is 232 g/mol. The maximum atomic E-state index is 3.46. The second-order valence-corrected chi connectivity index (χ2v) is 4.35. The van der Waals surface area contributed by atoms with E-state index in [1.165, 1.54) is 21.2 Å². The van der Waals surface area contributed by atoms with Crippen LogP contribution in [0.3, 0.4) is 0 Å². The Morgan fingerprint density at radius 1 is 1.42 bits per heavy atom. The second kappa shape index (κ2) is 3.19. The molecule has 2 aromatic rings. The maximum Gasteiger partial charge on any atom is 0.0345 e. The molecule has 0 N–H and O–H groups in total. The van der Waals surface area contributed by atoms with Gasteiger partial charge in [-0.25, -0.2) is 0 Å². The van der Waals surface area contributed by atoms with Crippen LogP contribution < -0.4 is 0 Å². The number of aryl methyl sites for hydroxylation is 1. The van der Waals surface area contributed by atoms with Gasteiger partial charge in [-0.15, -0.1) is 11.3 Å². The molecule has 0 fully saturated rings. The highest BCUT2D eigenvalue weighted by Gasteiger charge is 1.99. The van der Waals surface area contributed by atoms with Gasteiger partial charge in [0.25, 0.3) is 0 Å². The molecule has 2 rings (SSSR count). The molecule has 1 aromatic heterocycles. The lowest BCUT2D eigenvalue weighted by molar-refractivity contribution is 1.46. The second-order valence-electron chi connectivity index (χ2n) is 2.88. The molecule has 0 atom stereocenters. The maximum absolute atomic E-state index is 3.46. The molecule has 0 unspecified atom stereocenters. The summed E-state index contributed by atoms with van der Waals surface area (Å²) in [5, 5.41) is 4.55. The van der Waals surface area contributed by atoms with Crippen LogP contribution in [0.5, 0.6) is 0 Å². The molecule has 2 heteroatoms. The monoisotopic (exact) mass is 240 g/mol. The van der Waals surface area contributed by atoms with Crippen LogP contribution in [0.1, 0.15) is 11.1 Å². The predicted molar refractivity (Wildman–Crippen MR) is 59.2 cm³/mol. The van der Waals surface area contributed by atoms with Crippen LogP contribution >= 0.6 is 27.3 Å². The molecule has 0 spiro atoms. The summed E-state index contributed by atoms with van der Waals surface area (Å²) in [6, 6.07) is 6.63. The Morgan fingerprint density at radius 2 is 2.25 bits per heavy atom. The molecule has 0 saturated carbocycles. The quantitative estimate of drug-likeness (QED) is 0.659. The van der Waals surface area contributed by atoms with Gasteiger partial charge in [0.1, 0.15) is 0 Å². The average Bonchev–Trinajstić information content (AvgIpc) is 2.47. The minimum atomic E-state index is 0.943. The van der Waals surface area contributed by atoms with Gasteiger partial charge in [0, 0.05) is 10.0 Å². The van der Waals surface area contributed by atoms with E-state index in [1.807, 2.05) is 11.3 Å². The van der Waals surface area contributed by atoms with E-state index in [-0.39, 0.29) is 0 Å². The largest absolute Gasteiger partial charge is 0.144 e. The molecule has 0 aliphatic heterocycles. The Labute approximate surface area is 84.4 Å². The van der Waals surface area contributed by atoms with Gasteiger partial charge in [-0.1, -0.05) is 22.0 Å². The van der Waals surface area contributed by atoms with Crippen LogP contribution in [-0.2, 0) is 5.33 Å². The number of hydrogen-bond acceptors (Lipinski definition) is 1. The minimum absolute atomic E-state index is 0.943. The van der Waals surface area contributed by atoms with Crippen molar-refractivity contribution in [3.05, 3.63) is 34.7 Å². The van der Waals surface area contributed by atoms with Gasteiger partial charge >= 0.3 is 0 Å². The predicted octanol–water partition coefficient (Wildman–Crippen LogP) is 4.10. The van der Waals surface area contributed by atoms with Crippen LogP contribution in [0.15, 0.2) is 23.6 Å². The Balaban J connectivity index is 2.71. The molecule has 0 radical (unpaired) electrons. The van der Waals surface area contributed by atoms with E-state index < -0.39 is 0 Å². The van der Waals surface area contributed by atoms with E-state index in [4.69, 9.17) is 0 Å². The third kappa shape index (κ3) is 1.29. The number of rotatable bonds is 1. The zero-order chi connectivity index (χ0) is 8.55. The topological polar surface area (TPSA) is 0 Å². The lowest BCUT2D eigenvalue weighted by Crippen LogP contribution is -1.75. The normalized spacial score (nSPS) is 10.8. The fourth-order valence-electron chi connectivity index (χ4n) is 1.29. The molecule has 1 heterocycles. The molecule has 0 saturated heterocycles. The SMILES string of the molecule is Cc1csc2ccc(CBr)cc12. The zero-order valence-electron chi connectivity index (χ0n) is 6.80. The Kier molecular flexibility index (Phi) is 2.20. The van der Waals surface area contributed by atoms with Gasteiger partial charge in [-0.2, -0.15) is 0 Å². The first-order chi connectivity index (χ1) is 5.81. The lowest BCUT2D eigenvalue weighted by atomic mass is 10.1. The highest BCUT2D eigenvalue weighted by molar-refractivity contribution is 9.08. The van der Waals surface area contributed by atoms with Crippen molar-refractivity contribution >= 4 is 37.4 Å². The summed E-state index contributed by atoms with van der Waals surface area (Å²) < 4.78 is 1.39. The first-order valence-electron chi connectivity index (χ1n) is 3.84. The Morgan fingerprint density at radius 3 is 3.00 bits per heavy atom. The molecule has 62 valence electrons. The lowest BCUT2D eigenvalue weighted by Gasteiger charge is -1.95. The van der Waals surface area contributed by atoms with E-state index in [0.717, 1.165) is 5.33 Å². The summed E-state index contributed by atoms with van der Waals surface area (Å²) in [6.07, 6.45) is 0. The van der Waals surface area contributed by atoms with Gasteiger partial charge in [0.15, 0.2) is 0 Å². The van der Waals surface area contributed by atoms with Crippen LogP contribution in [0, 0.1) is 6.92 Å². The number of halogens is 1. The highest BCUT2D eigenvalue weighted by atomic mass is 79.9. The van der Waals surface area contributed by atoms with Crippen molar-refractivity contribution in [3.8, 4) is 0 Å². The number of benzene rings is 1. The molecule has 0 bridgehead atoms. The minimum Gasteiger partial charge on any atom is -0.144 e. The fraction of sp³-hybridized carbons (Fsp3) is 0.200. The van der Waals surface area contributed by atoms with Crippen molar-refractivity contribution in [1.29, 1.82) is 0 Å². The first kappa shape index (κ1) is 8.27.